The van der Waals surface area contributed by atoms with Gasteiger partial charge in [0.1, 0.15) is 0 Å². The smallest absolute Gasteiger partial charge is 0.322 e. The number of aliphatic hydroxyl groups is 1. The van der Waals surface area contributed by atoms with Crippen molar-refractivity contribution in [1.82, 2.24) is 4.90 Å². The van der Waals surface area contributed by atoms with Crippen LogP contribution in [0.25, 0.3) is 0 Å². The molecule has 1 saturated heterocycles. The fourth-order valence-corrected chi connectivity index (χ4v) is 2.30. The summed E-state index contributed by atoms with van der Waals surface area (Å²) in [5.74, 6) is -0.0366. The molecule has 0 unspecified atom stereocenters. The average Bonchev–Trinajstić information content (AvgIpc) is 2.87. The van der Waals surface area contributed by atoms with Gasteiger partial charge in [-0.15, -0.1) is 0 Å². The Morgan fingerprint density at radius 2 is 2.26 bits per heavy atom. The number of nitrogens with zero attached hydrogens (tertiary/aromatic N) is 1. The Bertz CT molecular complexity index is 487. The van der Waals surface area contributed by atoms with Crippen LogP contribution in [0.2, 0.25) is 0 Å². The molecule has 19 heavy (non-hydrogen) atoms. The molecular formula is C14H18N2O3. The Kier molecular flexibility index (Phi) is 4.16. The van der Waals surface area contributed by atoms with Crippen molar-refractivity contribution < 1.29 is 14.7 Å². The minimum atomic E-state index is -0.225. The van der Waals surface area contributed by atoms with E-state index in [1.807, 2.05) is 0 Å². The zero-order valence-electron chi connectivity index (χ0n) is 10.9. The highest BCUT2D eigenvalue weighted by atomic mass is 16.3. The normalized spacial score (nSPS) is 18.4. The van der Waals surface area contributed by atoms with Crippen LogP contribution in [0.15, 0.2) is 24.3 Å². The maximum Gasteiger partial charge on any atom is 0.322 e. The molecule has 1 atom stereocenters. The monoisotopic (exact) mass is 262 g/mol. The number of aliphatic hydroxyl groups excluding tert-OH is 1. The molecule has 1 aliphatic rings. The zero-order chi connectivity index (χ0) is 13.8. The van der Waals surface area contributed by atoms with Crippen molar-refractivity contribution in [3.05, 3.63) is 29.8 Å². The lowest BCUT2D eigenvalue weighted by atomic mass is 10.1. The number of rotatable bonds is 3. The number of benzene rings is 1. The van der Waals surface area contributed by atoms with Crippen molar-refractivity contribution in [2.24, 2.45) is 0 Å². The van der Waals surface area contributed by atoms with Crippen LogP contribution in [0.5, 0.6) is 0 Å². The van der Waals surface area contributed by atoms with Crippen LogP contribution >= 0.6 is 0 Å². The SMILES string of the molecule is CC(=O)c1cccc(NC(=O)N2CCC[C@@H]2CO)c1. The van der Waals surface area contributed by atoms with Gasteiger partial charge in [0.25, 0.3) is 0 Å². The molecule has 1 aromatic carbocycles. The van der Waals surface area contributed by atoms with E-state index >= 15 is 0 Å². The first kappa shape index (κ1) is 13.5. The molecule has 1 fully saturated rings. The molecule has 1 heterocycles. The standard InChI is InChI=1S/C14H18N2O3/c1-10(18)11-4-2-5-12(8-11)15-14(19)16-7-3-6-13(16)9-17/h2,4-5,8,13,17H,3,6-7,9H2,1H3,(H,15,19)/t13-/m1/s1. The third-order valence-corrected chi connectivity index (χ3v) is 3.37. The lowest BCUT2D eigenvalue weighted by Crippen LogP contribution is -2.40. The van der Waals surface area contributed by atoms with Crippen molar-refractivity contribution in [3.8, 4) is 0 Å². The summed E-state index contributed by atoms with van der Waals surface area (Å²) in [7, 11) is 0. The van der Waals surface area contributed by atoms with Gasteiger partial charge in [-0.3, -0.25) is 4.79 Å². The molecule has 0 aliphatic carbocycles. The number of ketones is 1. The molecule has 0 radical (unpaired) electrons. The van der Waals surface area contributed by atoms with E-state index in [1.165, 1.54) is 6.92 Å². The topological polar surface area (TPSA) is 69.6 Å². The summed E-state index contributed by atoms with van der Waals surface area (Å²) < 4.78 is 0. The second-order valence-electron chi connectivity index (χ2n) is 4.74. The van der Waals surface area contributed by atoms with Gasteiger partial charge in [0.05, 0.1) is 12.6 Å². The summed E-state index contributed by atoms with van der Waals surface area (Å²) in [6.07, 6.45) is 1.74. The molecule has 0 saturated carbocycles. The highest BCUT2D eigenvalue weighted by molar-refractivity contribution is 5.96. The summed E-state index contributed by atoms with van der Waals surface area (Å²) in [4.78, 5) is 25.0. The zero-order valence-corrected chi connectivity index (χ0v) is 10.9. The Morgan fingerprint density at radius 3 is 2.95 bits per heavy atom. The first-order valence-electron chi connectivity index (χ1n) is 6.41. The Labute approximate surface area is 112 Å². The van der Waals surface area contributed by atoms with E-state index in [1.54, 1.807) is 29.2 Å². The van der Waals surface area contributed by atoms with Gasteiger partial charge in [-0.05, 0) is 31.9 Å². The number of carbonyl (C=O) groups is 2. The van der Waals surface area contributed by atoms with Gasteiger partial charge < -0.3 is 15.3 Å². The van der Waals surface area contributed by atoms with Gasteiger partial charge in [-0.1, -0.05) is 12.1 Å². The summed E-state index contributed by atoms with van der Waals surface area (Å²) in [6.45, 7) is 2.13. The maximum atomic E-state index is 12.1. The number of likely N-dealkylation sites (tertiary alicyclic amines) is 1. The fourth-order valence-electron chi connectivity index (χ4n) is 2.30. The first-order chi connectivity index (χ1) is 9.11. The molecule has 0 aromatic heterocycles. The number of urea groups is 1. The van der Waals surface area contributed by atoms with Crippen molar-refractivity contribution in [1.29, 1.82) is 0 Å². The Hall–Kier alpha value is -1.88. The summed E-state index contributed by atoms with van der Waals surface area (Å²) >= 11 is 0. The second-order valence-corrected chi connectivity index (χ2v) is 4.74. The van der Waals surface area contributed by atoms with Gasteiger partial charge in [-0.25, -0.2) is 4.79 Å². The lowest BCUT2D eigenvalue weighted by molar-refractivity contribution is 0.101. The van der Waals surface area contributed by atoms with Crippen LogP contribution < -0.4 is 5.32 Å². The van der Waals surface area contributed by atoms with Gasteiger partial charge in [0, 0.05) is 17.8 Å². The predicted octanol–water partition coefficient (Wildman–Crippen LogP) is 1.88. The van der Waals surface area contributed by atoms with E-state index < -0.39 is 0 Å². The molecule has 2 N–H and O–H groups in total. The third kappa shape index (κ3) is 3.12. The molecule has 0 bridgehead atoms. The van der Waals surface area contributed by atoms with Gasteiger partial charge >= 0.3 is 6.03 Å². The summed E-state index contributed by atoms with van der Waals surface area (Å²) in [5, 5.41) is 12.0. The van der Waals surface area contributed by atoms with Crippen molar-refractivity contribution in [2.45, 2.75) is 25.8 Å². The molecule has 1 aromatic rings. The van der Waals surface area contributed by atoms with Crippen LogP contribution in [-0.4, -0.2) is 41.0 Å². The molecular weight excluding hydrogens is 244 g/mol. The van der Waals surface area contributed by atoms with E-state index in [9.17, 15) is 14.7 Å². The molecule has 2 rings (SSSR count). The fraction of sp³-hybridized carbons (Fsp3) is 0.429. The number of anilines is 1. The van der Waals surface area contributed by atoms with E-state index in [4.69, 9.17) is 0 Å². The Balaban J connectivity index is 2.06. The minimum Gasteiger partial charge on any atom is -0.394 e. The summed E-state index contributed by atoms with van der Waals surface area (Å²) in [5.41, 5.74) is 1.17. The second kappa shape index (κ2) is 5.84. The van der Waals surface area contributed by atoms with E-state index in [0.717, 1.165) is 12.8 Å². The number of hydrogen-bond acceptors (Lipinski definition) is 3. The quantitative estimate of drug-likeness (QED) is 0.817. The number of Topliss-reactive ketones (excluding diaryl/α,β-unsaturated/α-hetero) is 1. The van der Waals surface area contributed by atoms with Crippen LogP contribution in [-0.2, 0) is 0 Å². The van der Waals surface area contributed by atoms with Gasteiger partial charge in [0.15, 0.2) is 5.78 Å². The molecule has 5 heteroatoms. The summed E-state index contributed by atoms with van der Waals surface area (Å²) in [6, 6.07) is 6.52. The number of hydrogen-bond donors (Lipinski definition) is 2. The molecule has 102 valence electrons. The average molecular weight is 262 g/mol. The number of amides is 2. The van der Waals surface area contributed by atoms with Gasteiger partial charge in [0.2, 0.25) is 0 Å². The predicted molar refractivity (Wildman–Crippen MR) is 72.3 cm³/mol. The van der Waals surface area contributed by atoms with Crippen LogP contribution in [0.1, 0.15) is 30.1 Å². The highest BCUT2D eigenvalue weighted by Gasteiger charge is 2.27. The third-order valence-electron chi connectivity index (χ3n) is 3.37. The Morgan fingerprint density at radius 1 is 1.47 bits per heavy atom. The minimum absolute atomic E-state index is 0.0130. The largest absolute Gasteiger partial charge is 0.394 e. The van der Waals surface area contributed by atoms with Crippen molar-refractivity contribution in [3.63, 3.8) is 0 Å². The van der Waals surface area contributed by atoms with Crippen LogP contribution in [0.4, 0.5) is 10.5 Å². The van der Waals surface area contributed by atoms with Crippen LogP contribution in [0, 0.1) is 0 Å². The van der Waals surface area contributed by atoms with E-state index in [0.29, 0.717) is 17.8 Å². The maximum absolute atomic E-state index is 12.1. The lowest BCUT2D eigenvalue weighted by Gasteiger charge is -2.23. The molecule has 0 spiro atoms. The molecule has 1 aliphatic heterocycles. The number of nitrogens with one attached hydrogen (secondary N) is 1. The van der Waals surface area contributed by atoms with Crippen LogP contribution in [0.3, 0.4) is 0 Å². The molecule has 2 amide bonds. The number of carbonyl (C=O) groups excluding carboxylic acids is 2. The first-order valence-corrected chi connectivity index (χ1v) is 6.41. The van der Waals surface area contributed by atoms with E-state index in [2.05, 4.69) is 5.32 Å². The van der Waals surface area contributed by atoms with Gasteiger partial charge in [-0.2, -0.15) is 0 Å². The highest BCUT2D eigenvalue weighted by Crippen LogP contribution is 2.19. The van der Waals surface area contributed by atoms with Crippen molar-refractivity contribution >= 4 is 17.5 Å². The molecule has 5 nitrogen and oxygen atoms in total. The van der Waals surface area contributed by atoms with E-state index in [-0.39, 0.29) is 24.5 Å². The van der Waals surface area contributed by atoms with Crippen molar-refractivity contribution in [2.75, 3.05) is 18.5 Å².